The van der Waals surface area contributed by atoms with Crippen LogP contribution < -0.4 is 0 Å². The molecule has 3 rings (SSSR count). The predicted octanol–water partition coefficient (Wildman–Crippen LogP) is 1.03. The van der Waals surface area contributed by atoms with Crippen LogP contribution in [0.4, 0.5) is 0 Å². The van der Waals surface area contributed by atoms with Gasteiger partial charge in [-0.15, -0.1) is 0 Å². The summed E-state index contributed by atoms with van der Waals surface area (Å²) in [6.07, 6.45) is -1.25. The maximum absolute atomic E-state index is 5.92. The average molecular weight is 274 g/mol. The summed E-state index contributed by atoms with van der Waals surface area (Å²) in [5.41, 5.74) is 0. The van der Waals surface area contributed by atoms with Crippen LogP contribution in [0, 0.1) is 0 Å². The van der Waals surface area contributed by atoms with Crippen LogP contribution in [-0.4, -0.2) is 56.0 Å². The minimum Gasteiger partial charge on any atom is -0.376 e. The van der Waals surface area contributed by atoms with Gasteiger partial charge in [-0.05, 0) is 27.7 Å². The summed E-state index contributed by atoms with van der Waals surface area (Å²) < 4.78 is 34.5. The average Bonchev–Trinajstić information content (AvgIpc) is 2.87. The fourth-order valence-corrected chi connectivity index (χ4v) is 2.95. The Balaban J connectivity index is 1.72. The Bertz CT molecular complexity index is 355. The zero-order valence-electron chi connectivity index (χ0n) is 12.0. The van der Waals surface area contributed by atoms with Crippen LogP contribution in [-0.2, 0) is 28.4 Å². The quantitative estimate of drug-likeness (QED) is 0.749. The van der Waals surface area contributed by atoms with E-state index in [1.54, 1.807) is 7.11 Å². The molecular formula is C13H22O6. The molecule has 0 bridgehead atoms. The third-order valence-corrected chi connectivity index (χ3v) is 3.70. The van der Waals surface area contributed by atoms with Crippen molar-refractivity contribution in [2.75, 3.05) is 13.7 Å². The van der Waals surface area contributed by atoms with Crippen molar-refractivity contribution in [1.29, 1.82) is 0 Å². The van der Waals surface area contributed by atoms with Crippen LogP contribution in [0.5, 0.6) is 0 Å². The summed E-state index contributed by atoms with van der Waals surface area (Å²) in [4.78, 5) is 0. The summed E-state index contributed by atoms with van der Waals surface area (Å²) >= 11 is 0. The van der Waals surface area contributed by atoms with Crippen LogP contribution >= 0.6 is 0 Å². The molecule has 3 saturated heterocycles. The van der Waals surface area contributed by atoms with Gasteiger partial charge in [0.2, 0.25) is 0 Å². The maximum atomic E-state index is 5.92. The highest BCUT2D eigenvalue weighted by Gasteiger charge is 2.58. The summed E-state index contributed by atoms with van der Waals surface area (Å²) in [7, 11) is 1.65. The summed E-state index contributed by atoms with van der Waals surface area (Å²) in [5.74, 6) is -1.21. The molecule has 6 heteroatoms. The van der Waals surface area contributed by atoms with Gasteiger partial charge in [-0.25, -0.2) is 0 Å². The smallest absolute Gasteiger partial charge is 0.190 e. The van der Waals surface area contributed by atoms with E-state index in [4.69, 9.17) is 28.4 Å². The molecule has 3 aliphatic heterocycles. The standard InChI is InChI=1S/C13H22O6/c1-12(2)15-6-7(17-12)8-9(14-5)10-11(16-8)19-13(3,4)18-10/h7-11H,6H2,1-5H3/t7?,8-,9+,10?,11?/m1/s1. The number of rotatable bonds is 2. The maximum Gasteiger partial charge on any atom is 0.190 e. The Morgan fingerprint density at radius 2 is 1.68 bits per heavy atom. The van der Waals surface area contributed by atoms with Crippen LogP contribution in [0.3, 0.4) is 0 Å². The minimum atomic E-state index is -0.636. The topological polar surface area (TPSA) is 55.4 Å². The molecule has 19 heavy (non-hydrogen) atoms. The molecule has 6 nitrogen and oxygen atoms in total. The monoisotopic (exact) mass is 274 g/mol. The van der Waals surface area contributed by atoms with Gasteiger partial charge in [-0.3, -0.25) is 0 Å². The van der Waals surface area contributed by atoms with Gasteiger partial charge >= 0.3 is 0 Å². The van der Waals surface area contributed by atoms with E-state index in [-0.39, 0.29) is 24.4 Å². The zero-order valence-corrected chi connectivity index (χ0v) is 12.0. The molecular weight excluding hydrogens is 252 g/mol. The van der Waals surface area contributed by atoms with Gasteiger partial charge in [-0.2, -0.15) is 0 Å². The minimum absolute atomic E-state index is 0.166. The molecule has 0 radical (unpaired) electrons. The van der Waals surface area contributed by atoms with E-state index < -0.39 is 17.9 Å². The number of hydrogen-bond donors (Lipinski definition) is 0. The second-order valence-electron chi connectivity index (χ2n) is 6.14. The van der Waals surface area contributed by atoms with Crippen molar-refractivity contribution < 1.29 is 28.4 Å². The first kappa shape index (κ1) is 13.7. The molecule has 0 aromatic rings. The molecule has 0 aromatic heterocycles. The molecule has 3 fully saturated rings. The summed E-state index contributed by atoms with van der Waals surface area (Å²) in [6, 6.07) is 0. The molecule has 0 aliphatic carbocycles. The predicted molar refractivity (Wildman–Crippen MR) is 64.4 cm³/mol. The lowest BCUT2D eigenvalue weighted by Gasteiger charge is -2.28. The van der Waals surface area contributed by atoms with Gasteiger partial charge in [-0.1, -0.05) is 0 Å². The molecule has 0 amide bonds. The second kappa shape index (κ2) is 4.38. The Hall–Kier alpha value is -0.240. The van der Waals surface area contributed by atoms with Crippen molar-refractivity contribution in [3.05, 3.63) is 0 Å². The number of fused-ring (bicyclic) bond motifs is 1. The molecule has 5 atom stereocenters. The van der Waals surface area contributed by atoms with E-state index in [0.29, 0.717) is 6.61 Å². The Labute approximate surface area is 113 Å². The van der Waals surface area contributed by atoms with Gasteiger partial charge in [0.05, 0.1) is 6.61 Å². The van der Waals surface area contributed by atoms with Crippen molar-refractivity contribution in [3.63, 3.8) is 0 Å². The van der Waals surface area contributed by atoms with E-state index in [0.717, 1.165) is 0 Å². The summed E-state index contributed by atoms with van der Waals surface area (Å²) in [5, 5.41) is 0. The molecule has 0 N–H and O–H groups in total. The highest BCUT2D eigenvalue weighted by molar-refractivity contribution is 4.98. The van der Waals surface area contributed by atoms with E-state index in [1.807, 2.05) is 27.7 Å². The number of ether oxygens (including phenoxy) is 6. The molecule has 0 aromatic carbocycles. The lowest BCUT2D eigenvalue weighted by atomic mass is 10.1. The third kappa shape index (κ3) is 2.41. The Morgan fingerprint density at radius 1 is 0.947 bits per heavy atom. The lowest BCUT2D eigenvalue weighted by Crippen LogP contribution is -2.43. The highest BCUT2D eigenvalue weighted by Crippen LogP contribution is 2.41. The first-order chi connectivity index (χ1) is 8.81. The van der Waals surface area contributed by atoms with Crippen molar-refractivity contribution in [3.8, 4) is 0 Å². The molecule has 110 valence electrons. The number of methoxy groups -OCH3 is 1. The van der Waals surface area contributed by atoms with Crippen molar-refractivity contribution in [2.24, 2.45) is 0 Å². The molecule has 3 heterocycles. The van der Waals surface area contributed by atoms with Gasteiger partial charge < -0.3 is 28.4 Å². The number of hydrogen-bond acceptors (Lipinski definition) is 6. The lowest BCUT2D eigenvalue weighted by molar-refractivity contribution is -0.234. The highest BCUT2D eigenvalue weighted by atomic mass is 16.8. The molecule has 3 unspecified atom stereocenters. The van der Waals surface area contributed by atoms with Crippen molar-refractivity contribution in [2.45, 2.75) is 70.0 Å². The normalized spacial score (nSPS) is 47.5. The summed E-state index contributed by atoms with van der Waals surface area (Å²) in [6.45, 7) is 8.01. The Kier molecular flexibility index (Phi) is 3.16. The van der Waals surface area contributed by atoms with E-state index in [2.05, 4.69) is 0 Å². The van der Waals surface area contributed by atoms with Crippen molar-refractivity contribution in [1.82, 2.24) is 0 Å². The second-order valence-corrected chi connectivity index (χ2v) is 6.14. The van der Waals surface area contributed by atoms with Gasteiger partial charge in [0.1, 0.15) is 24.4 Å². The van der Waals surface area contributed by atoms with E-state index in [1.165, 1.54) is 0 Å². The molecule has 0 spiro atoms. The van der Waals surface area contributed by atoms with E-state index >= 15 is 0 Å². The third-order valence-electron chi connectivity index (χ3n) is 3.70. The molecule has 3 aliphatic rings. The van der Waals surface area contributed by atoms with Crippen LogP contribution in [0.25, 0.3) is 0 Å². The van der Waals surface area contributed by atoms with E-state index in [9.17, 15) is 0 Å². The van der Waals surface area contributed by atoms with Crippen molar-refractivity contribution >= 4 is 0 Å². The van der Waals surface area contributed by atoms with Gasteiger partial charge in [0, 0.05) is 7.11 Å². The fourth-order valence-electron chi connectivity index (χ4n) is 2.95. The first-order valence-electron chi connectivity index (χ1n) is 6.67. The Morgan fingerprint density at radius 3 is 2.26 bits per heavy atom. The molecule has 0 saturated carbocycles. The van der Waals surface area contributed by atoms with Gasteiger partial charge in [0.15, 0.2) is 17.9 Å². The SMILES string of the molecule is CO[C@@H]1C2OC(C)(C)OC2O[C@@H]1C1COC(C)(C)O1. The van der Waals surface area contributed by atoms with Gasteiger partial charge in [0.25, 0.3) is 0 Å². The largest absolute Gasteiger partial charge is 0.376 e. The fraction of sp³-hybridized carbons (Fsp3) is 1.00. The zero-order chi connectivity index (χ0) is 13.8. The van der Waals surface area contributed by atoms with Crippen LogP contribution in [0.1, 0.15) is 27.7 Å². The van der Waals surface area contributed by atoms with Crippen LogP contribution in [0.2, 0.25) is 0 Å². The van der Waals surface area contributed by atoms with Crippen LogP contribution in [0.15, 0.2) is 0 Å². The first-order valence-corrected chi connectivity index (χ1v) is 6.67.